The quantitative estimate of drug-likeness (QED) is 0.466. The molecule has 0 radical (unpaired) electrons. The van der Waals surface area contributed by atoms with E-state index in [2.05, 4.69) is 36.7 Å². The van der Waals surface area contributed by atoms with Crippen LogP contribution in [-0.4, -0.2) is 4.86 Å². The van der Waals surface area contributed by atoms with E-state index in [0.29, 0.717) is 0 Å². The highest BCUT2D eigenvalue weighted by Gasteiger charge is 2.41. The maximum Gasteiger partial charge on any atom is 0.0888 e. The summed E-state index contributed by atoms with van der Waals surface area (Å²) < 4.78 is 0. The molecule has 0 aromatic heterocycles. The first kappa shape index (κ1) is 16.9. The number of anilines is 1. The molecule has 2 aromatic rings. The second kappa shape index (κ2) is 6.16. The van der Waals surface area contributed by atoms with Gasteiger partial charge in [-0.1, -0.05) is 91.4 Å². The van der Waals surface area contributed by atoms with E-state index in [1.807, 2.05) is 30.3 Å². The molecule has 5 rings (SSSR count). The minimum Gasteiger partial charge on any atom is -0.398 e. The molecule has 3 aliphatic rings. The molecule has 27 heavy (non-hydrogen) atoms. The monoisotopic (exact) mass is 404 g/mol. The molecule has 2 aromatic carbocycles. The van der Waals surface area contributed by atoms with Crippen molar-refractivity contribution in [2.75, 3.05) is 5.73 Å². The third kappa shape index (κ3) is 2.46. The Labute approximate surface area is 172 Å². The lowest BCUT2D eigenvalue weighted by atomic mass is 9.79. The Hall–Kier alpha value is -2.21. The third-order valence-corrected chi connectivity index (χ3v) is 7.81. The van der Waals surface area contributed by atoms with E-state index in [4.69, 9.17) is 18.0 Å². The zero-order valence-corrected chi connectivity index (χ0v) is 16.9. The molecule has 0 spiro atoms. The second-order valence-electron chi connectivity index (χ2n) is 6.60. The number of fused-ring (bicyclic) bond motifs is 1. The van der Waals surface area contributed by atoms with Crippen molar-refractivity contribution >= 4 is 51.9 Å². The van der Waals surface area contributed by atoms with Gasteiger partial charge < -0.3 is 11.1 Å². The van der Waals surface area contributed by atoms with Crippen LogP contribution < -0.4 is 11.1 Å². The number of benzene rings is 2. The van der Waals surface area contributed by atoms with Gasteiger partial charge in [-0.25, -0.2) is 0 Å². The van der Waals surface area contributed by atoms with Crippen LogP contribution in [0.1, 0.15) is 22.6 Å². The molecule has 0 saturated carbocycles. The summed E-state index contributed by atoms with van der Waals surface area (Å²) in [5, 5.41) is 5.46. The van der Waals surface area contributed by atoms with Crippen molar-refractivity contribution in [2.24, 2.45) is 0 Å². The van der Waals surface area contributed by atoms with Crippen LogP contribution in [0.5, 0.6) is 0 Å². The van der Waals surface area contributed by atoms with Crippen LogP contribution in [0.4, 0.5) is 5.69 Å². The maximum atomic E-state index is 6.40. The topological polar surface area (TPSA) is 38.0 Å². The standard InChI is InChI=1S/C22H16N2S3/c1-11-13-7-3-4-8-14(13)19(25)18-17(15-9-5-6-10-16(15)23)21-22(27-20(11)18)24-12(2)26-21/h3-10,17,24H,1-2,23H2. The molecule has 2 heterocycles. The number of nitrogens with one attached hydrogen (secondary N) is 1. The van der Waals surface area contributed by atoms with Gasteiger partial charge in [-0.2, -0.15) is 0 Å². The van der Waals surface area contributed by atoms with Crippen LogP contribution >= 0.6 is 35.7 Å². The molecule has 0 bridgehead atoms. The van der Waals surface area contributed by atoms with Gasteiger partial charge in [0.15, 0.2) is 0 Å². The van der Waals surface area contributed by atoms with Crippen LogP contribution in [0.15, 0.2) is 87.1 Å². The average molecular weight is 405 g/mol. The van der Waals surface area contributed by atoms with Crippen molar-refractivity contribution in [1.29, 1.82) is 0 Å². The molecule has 132 valence electrons. The van der Waals surface area contributed by atoms with Crippen molar-refractivity contribution in [1.82, 2.24) is 5.32 Å². The molecule has 2 aliphatic heterocycles. The van der Waals surface area contributed by atoms with Gasteiger partial charge in [0, 0.05) is 27.0 Å². The van der Waals surface area contributed by atoms with Crippen LogP contribution in [0.25, 0.3) is 5.57 Å². The number of hydrogen-bond acceptors (Lipinski definition) is 5. The number of nitrogen functional groups attached to an aromatic ring is 1. The van der Waals surface area contributed by atoms with E-state index in [1.54, 1.807) is 23.5 Å². The fourth-order valence-corrected chi connectivity index (χ4v) is 6.68. The number of thioether (sulfide) groups is 2. The molecule has 0 amide bonds. The van der Waals surface area contributed by atoms with Crippen LogP contribution in [0.3, 0.4) is 0 Å². The predicted octanol–water partition coefficient (Wildman–Crippen LogP) is 5.78. The van der Waals surface area contributed by atoms with Crippen molar-refractivity contribution in [3.8, 4) is 0 Å². The van der Waals surface area contributed by atoms with Crippen LogP contribution in [0.2, 0.25) is 0 Å². The fraction of sp³-hybridized carbons (Fsp3) is 0.0455. The first-order chi connectivity index (χ1) is 13.1. The van der Waals surface area contributed by atoms with Crippen LogP contribution in [0, 0.1) is 0 Å². The number of nitrogens with two attached hydrogens (primary N) is 1. The minimum atomic E-state index is -0.00759. The maximum absolute atomic E-state index is 6.40. The molecule has 0 fully saturated rings. The highest BCUT2D eigenvalue weighted by Crippen LogP contribution is 2.59. The molecule has 5 heteroatoms. The third-order valence-electron chi connectivity index (χ3n) is 5.03. The van der Waals surface area contributed by atoms with Crippen molar-refractivity contribution < 1.29 is 0 Å². The number of rotatable bonds is 1. The first-order valence-corrected chi connectivity index (χ1v) is 10.6. The summed E-state index contributed by atoms with van der Waals surface area (Å²) in [5.41, 5.74) is 12.6. The number of hydrogen-bond donors (Lipinski definition) is 2. The summed E-state index contributed by atoms with van der Waals surface area (Å²) in [4.78, 5) is 3.24. The SMILES string of the molecule is C=C1NC2=C(S1)C(c1ccccc1N)C1=C(S2)C(=C)c2ccccc2C1=S. The van der Waals surface area contributed by atoms with Gasteiger partial charge >= 0.3 is 0 Å². The van der Waals surface area contributed by atoms with Gasteiger partial charge in [-0.05, 0) is 28.3 Å². The van der Waals surface area contributed by atoms with E-state index in [0.717, 1.165) is 53.4 Å². The molecule has 3 N–H and O–H groups in total. The summed E-state index contributed by atoms with van der Waals surface area (Å²) in [7, 11) is 0. The van der Waals surface area contributed by atoms with E-state index in [-0.39, 0.29) is 5.92 Å². The average Bonchev–Trinajstić information content (AvgIpc) is 3.05. The Balaban J connectivity index is 1.77. The summed E-state index contributed by atoms with van der Waals surface area (Å²) in [5.74, 6) is -0.00759. The van der Waals surface area contributed by atoms with Gasteiger partial charge in [0.05, 0.1) is 14.9 Å². The van der Waals surface area contributed by atoms with Crippen molar-refractivity contribution in [3.05, 3.63) is 104 Å². The number of para-hydroxylation sites is 1. The summed E-state index contributed by atoms with van der Waals surface area (Å²) in [6, 6.07) is 16.3. The lowest BCUT2D eigenvalue weighted by Crippen LogP contribution is -2.23. The highest BCUT2D eigenvalue weighted by atomic mass is 32.2. The largest absolute Gasteiger partial charge is 0.398 e. The zero-order chi connectivity index (χ0) is 18.7. The van der Waals surface area contributed by atoms with Crippen molar-refractivity contribution in [2.45, 2.75) is 5.92 Å². The highest BCUT2D eigenvalue weighted by molar-refractivity contribution is 8.11. The lowest BCUT2D eigenvalue weighted by Gasteiger charge is -2.35. The predicted molar refractivity (Wildman–Crippen MR) is 122 cm³/mol. The Morgan fingerprint density at radius 1 is 0.963 bits per heavy atom. The Kier molecular flexibility index (Phi) is 3.86. The number of thiocarbonyl (C=S) groups is 1. The molecule has 1 atom stereocenters. The normalized spacial score (nSPS) is 21.0. The summed E-state index contributed by atoms with van der Waals surface area (Å²) in [6.45, 7) is 8.52. The molecule has 0 saturated heterocycles. The van der Waals surface area contributed by atoms with E-state index >= 15 is 0 Å². The molecular weight excluding hydrogens is 388 g/mol. The molecule has 1 unspecified atom stereocenters. The summed E-state index contributed by atoms with van der Waals surface area (Å²) in [6.07, 6.45) is 0. The molecular formula is C22H16N2S3. The van der Waals surface area contributed by atoms with Gasteiger partial charge in [0.2, 0.25) is 0 Å². The fourth-order valence-electron chi connectivity index (χ4n) is 3.82. The van der Waals surface area contributed by atoms with E-state index in [1.165, 1.54) is 4.91 Å². The van der Waals surface area contributed by atoms with E-state index < -0.39 is 0 Å². The summed E-state index contributed by atoms with van der Waals surface area (Å²) >= 11 is 9.38. The lowest BCUT2D eigenvalue weighted by molar-refractivity contribution is 1.00. The Bertz CT molecular complexity index is 1120. The smallest absolute Gasteiger partial charge is 0.0888 e. The van der Waals surface area contributed by atoms with Gasteiger partial charge in [0.1, 0.15) is 0 Å². The van der Waals surface area contributed by atoms with Crippen molar-refractivity contribution in [3.63, 3.8) is 0 Å². The Morgan fingerprint density at radius 3 is 2.44 bits per heavy atom. The molecule has 2 nitrogen and oxygen atoms in total. The second-order valence-corrected chi connectivity index (χ2v) is 9.17. The number of allylic oxidation sites excluding steroid dienone is 3. The van der Waals surface area contributed by atoms with Gasteiger partial charge in [-0.15, -0.1) is 0 Å². The van der Waals surface area contributed by atoms with Gasteiger partial charge in [0.25, 0.3) is 0 Å². The van der Waals surface area contributed by atoms with E-state index in [9.17, 15) is 0 Å². The van der Waals surface area contributed by atoms with Crippen LogP contribution in [-0.2, 0) is 0 Å². The molecule has 1 aliphatic carbocycles. The zero-order valence-electron chi connectivity index (χ0n) is 14.4. The first-order valence-electron chi connectivity index (χ1n) is 8.54. The Morgan fingerprint density at radius 2 is 1.67 bits per heavy atom. The minimum absolute atomic E-state index is 0.00759. The van der Waals surface area contributed by atoms with Gasteiger partial charge in [-0.3, -0.25) is 0 Å².